The maximum absolute atomic E-state index is 13.5. The third-order valence-corrected chi connectivity index (χ3v) is 4.10. The Kier molecular flexibility index (Phi) is 5.24. The van der Waals surface area contributed by atoms with Crippen molar-refractivity contribution < 1.29 is 8.78 Å². The summed E-state index contributed by atoms with van der Waals surface area (Å²) < 4.78 is 28.6. The van der Waals surface area contributed by atoms with Gasteiger partial charge in [0.05, 0.1) is 11.4 Å². The lowest BCUT2D eigenvalue weighted by molar-refractivity contribution is 0.569. The first-order valence-corrected chi connectivity index (χ1v) is 8.30. The quantitative estimate of drug-likeness (QED) is 0.684. The molecular formula is C20H21F2N3. The van der Waals surface area contributed by atoms with Crippen molar-refractivity contribution in [1.29, 1.82) is 0 Å². The Morgan fingerprint density at radius 3 is 2.44 bits per heavy atom. The van der Waals surface area contributed by atoms with Gasteiger partial charge in [0, 0.05) is 17.8 Å². The van der Waals surface area contributed by atoms with E-state index in [0.29, 0.717) is 18.7 Å². The number of rotatable bonds is 6. The standard InChI is InChI=1S/C20H21F2N3/c1-14-11-15(2)25(24-14)19-6-3-16(4-7-19)9-10-23-13-17-12-18(21)5-8-20(17)22/h3-8,11-12,23H,9-10,13H2,1-2H3. The molecule has 0 aliphatic rings. The van der Waals surface area contributed by atoms with E-state index in [2.05, 4.69) is 22.5 Å². The SMILES string of the molecule is Cc1cc(C)n(-c2ccc(CCNCc3cc(F)ccc3F)cc2)n1. The molecule has 0 spiro atoms. The third kappa shape index (κ3) is 4.31. The number of nitrogens with zero attached hydrogens (tertiary/aromatic N) is 2. The van der Waals surface area contributed by atoms with Crippen LogP contribution < -0.4 is 5.32 Å². The first kappa shape index (κ1) is 17.3. The molecule has 0 saturated heterocycles. The molecule has 3 nitrogen and oxygen atoms in total. The van der Waals surface area contributed by atoms with E-state index >= 15 is 0 Å². The van der Waals surface area contributed by atoms with E-state index in [4.69, 9.17) is 0 Å². The second-order valence-corrected chi connectivity index (χ2v) is 6.17. The van der Waals surface area contributed by atoms with Crippen molar-refractivity contribution in [2.45, 2.75) is 26.8 Å². The van der Waals surface area contributed by atoms with Gasteiger partial charge in [-0.3, -0.25) is 0 Å². The van der Waals surface area contributed by atoms with Gasteiger partial charge in [0.15, 0.2) is 0 Å². The van der Waals surface area contributed by atoms with Gasteiger partial charge in [-0.05, 0) is 68.8 Å². The molecule has 130 valence electrons. The van der Waals surface area contributed by atoms with Crippen molar-refractivity contribution in [2.75, 3.05) is 6.54 Å². The van der Waals surface area contributed by atoms with E-state index in [1.807, 2.05) is 36.7 Å². The van der Waals surface area contributed by atoms with Crippen molar-refractivity contribution in [3.05, 3.63) is 82.7 Å². The van der Waals surface area contributed by atoms with Crippen molar-refractivity contribution >= 4 is 0 Å². The molecule has 3 aromatic rings. The second-order valence-electron chi connectivity index (χ2n) is 6.17. The second kappa shape index (κ2) is 7.57. The molecule has 0 aliphatic carbocycles. The zero-order valence-corrected chi connectivity index (χ0v) is 14.4. The zero-order chi connectivity index (χ0) is 17.8. The normalized spacial score (nSPS) is 11.0. The molecule has 1 heterocycles. The van der Waals surface area contributed by atoms with Gasteiger partial charge >= 0.3 is 0 Å². The average Bonchev–Trinajstić information content (AvgIpc) is 2.93. The van der Waals surface area contributed by atoms with Crippen LogP contribution in [-0.4, -0.2) is 16.3 Å². The van der Waals surface area contributed by atoms with Crippen LogP contribution in [0.1, 0.15) is 22.5 Å². The van der Waals surface area contributed by atoms with E-state index in [9.17, 15) is 8.78 Å². The molecule has 1 aromatic heterocycles. The molecule has 2 aromatic carbocycles. The summed E-state index contributed by atoms with van der Waals surface area (Å²) in [5, 5.41) is 7.63. The van der Waals surface area contributed by atoms with Crippen LogP contribution in [0.5, 0.6) is 0 Å². The lowest BCUT2D eigenvalue weighted by atomic mass is 10.1. The lowest BCUT2D eigenvalue weighted by Crippen LogP contribution is -2.17. The Labute approximate surface area is 146 Å². The zero-order valence-electron chi connectivity index (χ0n) is 14.4. The molecule has 0 amide bonds. The molecule has 0 saturated carbocycles. The summed E-state index contributed by atoms with van der Waals surface area (Å²) in [6.45, 7) is 5.01. The van der Waals surface area contributed by atoms with E-state index in [1.165, 1.54) is 11.6 Å². The minimum Gasteiger partial charge on any atom is -0.312 e. The average molecular weight is 341 g/mol. The smallest absolute Gasteiger partial charge is 0.127 e. The molecule has 1 N–H and O–H groups in total. The number of nitrogens with one attached hydrogen (secondary N) is 1. The number of halogens is 2. The Balaban J connectivity index is 1.54. The highest BCUT2D eigenvalue weighted by Gasteiger charge is 2.05. The maximum Gasteiger partial charge on any atom is 0.127 e. The van der Waals surface area contributed by atoms with E-state index in [0.717, 1.165) is 35.6 Å². The Morgan fingerprint density at radius 2 is 1.76 bits per heavy atom. The number of hydrogen-bond donors (Lipinski definition) is 1. The maximum atomic E-state index is 13.5. The van der Waals surface area contributed by atoms with E-state index < -0.39 is 5.82 Å². The number of aryl methyl sites for hydroxylation is 2. The van der Waals surface area contributed by atoms with Crippen molar-refractivity contribution in [1.82, 2.24) is 15.1 Å². The predicted octanol–water partition coefficient (Wildman–Crippen LogP) is 4.10. The lowest BCUT2D eigenvalue weighted by Gasteiger charge is -2.08. The van der Waals surface area contributed by atoms with Crippen LogP contribution in [0.15, 0.2) is 48.5 Å². The Morgan fingerprint density at radius 1 is 1.00 bits per heavy atom. The molecule has 0 bridgehead atoms. The highest BCUT2D eigenvalue weighted by molar-refractivity contribution is 5.36. The van der Waals surface area contributed by atoms with E-state index in [1.54, 1.807) is 0 Å². The largest absolute Gasteiger partial charge is 0.312 e. The van der Waals surface area contributed by atoms with Gasteiger partial charge in [-0.1, -0.05) is 12.1 Å². The summed E-state index contributed by atoms with van der Waals surface area (Å²) in [7, 11) is 0. The molecule has 0 atom stereocenters. The van der Waals surface area contributed by atoms with Gasteiger partial charge in [0.25, 0.3) is 0 Å². The van der Waals surface area contributed by atoms with Gasteiger partial charge in [0.2, 0.25) is 0 Å². The van der Waals surface area contributed by atoms with Crippen LogP contribution in [-0.2, 0) is 13.0 Å². The molecular weight excluding hydrogens is 320 g/mol. The van der Waals surface area contributed by atoms with Crippen LogP contribution in [0, 0.1) is 25.5 Å². The number of hydrogen-bond acceptors (Lipinski definition) is 2. The van der Waals surface area contributed by atoms with Gasteiger partial charge in [-0.15, -0.1) is 0 Å². The highest BCUT2D eigenvalue weighted by Crippen LogP contribution is 2.13. The fourth-order valence-corrected chi connectivity index (χ4v) is 2.83. The summed E-state index contributed by atoms with van der Waals surface area (Å²) in [6.07, 6.45) is 0.814. The monoisotopic (exact) mass is 341 g/mol. The molecule has 5 heteroatoms. The molecule has 25 heavy (non-hydrogen) atoms. The first-order chi connectivity index (χ1) is 12.0. The third-order valence-electron chi connectivity index (χ3n) is 4.10. The summed E-state index contributed by atoms with van der Waals surface area (Å²) in [5.41, 5.74) is 4.65. The van der Waals surface area contributed by atoms with Crippen LogP contribution >= 0.6 is 0 Å². The van der Waals surface area contributed by atoms with Crippen LogP contribution in [0.4, 0.5) is 8.78 Å². The summed E-state index contributed by atoms with van der Waals surface area (Å²) in [4.78, 5) is 0. The minimum atomic E-state index is -0.419. The minimum absolute atomic E-state index is 0.313. The van der Waals surface area contributed by atoms with E-state index in [-0.39, 0.29) is 5.82 Å². The van der Waals surface area contributed by atoms with Crippen LogP contribution in [0.25, 0.3) is 5.69 Å². The molecule has 3 rings (SSSR count). The van der Waals surface area contributed by atoms with Gasteiger partial charge in [-0.2, -0.15) is 5.10 Å². The topological polar surface area (TPSA) is 29.9 Å². The van der Waals surface area contributed by atoms with Crippen LogP contribution in [0.3, 0.4) is 0 Å². The fraction of sp³-hybridized carbons (Fsp3) is 0.250. The molecule has 0 unspecified atom stereocenters. The highest BCUT2D eigenvalue weighted by atomic mass is 19.1. The van der Waals surface area contributed by atoms with Gasteiger partial charge in [-0.25, -0.2) is 13.5 Å². The molecule has 0 radical (unpaired) electrons. The molecule has 0 fully saturated rings. The predicted molar refractivity (Wildman–Crippen MR) is 94.8 cm³/mol. The summed E-state index contributed by atoms with van der Waals surface area (Å²) >= 11 is 0. The van der Waals surface area contributed by atoms with Crippen molar-refractivity contribution in [2.24, 2.45) is 0 Å². The van der Waals surface area contributed by atoms with Crippen molar-refractivity contribution in [3.63, 3.8) is 0 Å². The number of aromatic nitrogens is 2. The number of benzene rings is 2. The Hall–Kier alpha value is -2.53. The van der Waals surface area contributed by atoms with Crippen molar-refractivity contribution in [3.8, 4) is 5.69 Å². The summed E-state index contributed by atoms with van der Waals surface area (Å²) in [5.74, 6) is -0.805. The van der Waals surface area contributed by atoms with Gasteiger partial charge < -0.3 is 5.32 Å². The Bertz CT molecular complexity index is 854. The molecule has 0 aliphatic heterocycles. The van der Waals surface area contributed by atoms with Crippen LogP contribution in [0.2, 0.25) is 0 Å². The van der Waals surface area contributed by atoms with Gasteiger partial charge in [0.1, 0.15) is 11.6 Å². The fourth-order valence-electron chi connectivity index (χ4n) is 2.83. The first-order valence-electron chi connectivity index (χ1n) is 8.30. The summed E-state index contributed by atoms with van der Waals surface area (Å²) in [6, 6.07) is 13.8.